The molecule has 0 aliphatic heterocycles. The molecule has 2 rings (SSSR count). The number of rotatable bonds is 7. The lowest BCUT2D eigenvalue weighted by Gasteiger charge is -2.27. The highest BCUT2D eigenvalue weighted by atomic mass is 16.4. The van der Waals surface area contributed by atoms with Gasteiger partial charge in [0.25, 0.3) is 0 Å². The third kappa shape index (κ3) is 5.19. The van der Waals surface area contributed by atoms with Gasteiger partial charge in [-0.2, -0.15) is 0 Å². The molecule has 0 aliphatic carbocycles. The number of aromatic nitrogens is 1. The molecule has 0 spiro atoms. The Morgan fingerprint density at radius 3 is 2.43 bits per heavy atom. The van der Waals surface area contributed by atoms with Crippen molar-refractivity contribution >= 4 is 0 Å². The molecule has 0 aliphatic rings. The van der Waals surface area contributed by atoms with Crippen molar-refractivity contribution in [1.29, 1.82) is 0 Å². The van der Waals surface area contributed by atoms with Crippen LogP contribution in [-0.2, 0) is 18.5 Å². The first kappa shape index (κ1) is 17.7. The molecule has 1 aromatic heterocycles. The number of benzene rings is 1. The van der Waals surface area contributed by atoms with E-state index >= 15 is 0 Å². The molecule has 1 aromatic carbocycles. The topological polar surface area (TPSA) is 49.5 Å². The second-order valence-corrected chi connectivity index (χ2v) is 7.12. The monoisotopic (exact) mass is 316 g/mol. The van der Waals surface area contributed by atoms with Crippen LogP contribution >= 0.6 is 0 Å². The molecule has 126 valence electrons. The Balaban J connectivity index is 2.12. The van der Waals surface area contributed by atoms with Gasteiger partial charge in [-0.25, -0.2) is 4.98 Å². The van der Waals surface area contributed by atoms with Gasteiger partial charge in [0.2, 0.25) is 5.89 Å². The molecular formula is C19H28N2O2. The normalized spacial score (nSPS) is 13.5. The van der Waals surface area contributed by atoms with Crippen molar-refractivity contribution in [1.82, 2.24) is 9.88 Å². The number of hydrogen-bond acceptors (Lipinski definition) is 4. The number of nitrogens with zero attached hydrogens (tertiary/aromatic N) is 2. The summed E-state index contributed by atoms with van der Waals surface area (Å²) in [5.74, 6) is 1.64. The van der Waals surface area contributed by atoms with E-state index in [1.54, 1.807) is 0 Å². The van der Waals surface area contributed by atoms with E-state index in [4.69, 9.17) is 4.42 Å². The minimum Gasteiger partial charge on any atom is -0.444 e. The zero-order chi connectivity index (χ0) is 16.9. The molecule has 4 heteroatoms. The van der Waals surface area contributed by atoms with Crippen LogP contribution in [0, 0.1) is 0 Å². The van der Waals surface area contributed by atoms with Crippen LogP contribution in [0.25, 0.3) is 0 Å². The highest BCUT2D eigenvalue weighted by Gasteiger charge is 2.21. The SMILES string of the molecule is CC(CCO)N(Cc1ccccc1)Cc1ncc(C(C)(C)C)o1. The summed E-state index contributed by atoms with van der Waals surface area (Å²) in [5, 5.41) is 9.26. The summed E-state index contributed by atoms with van der Waals surface area (Å²) in [6.07, 6.45) is 2.56. The minimum absolute atomic E-state index is 0.0355. The molecule has 0 bridgehead atoms. The lowest BCUT2D eigenvalue weighted by atomic mass is 9.94. The van der Waals surface area contributed by atoms with Gasteiger partial charge in [0.1, 0.15) is 5.76 Å². The first-order chi connectivity index (χ1) is 10.9. The zero-order valence-electron chi connectivity index (χ0n) is 14.6. The minimum atomic E-state index is -0.0355. The van der Waals surface area contributed by atoms with Gasteiger partial charge in [-0.05, 0) is 18.9 Å². The second kappa shape index (κ2) is 7.75. The molecular weight excluding hydrogens is 288 g/mol. The van der Waals surface area contributed by atoms with Gasteiger partial charge in [-0.3, -0.25) is 4.90 Å². The number of aliphatic hydroxyl groups is 1. The van der Waals surface area contributed by atoms with Crippen molar-refractivity contribution in [2.45, 2.75) is 58.7 Å². The standard InChI is InChI=1S/C19H28N2O2/c1-15(10-11-22)21(13-16-8-6-5-7-9-16)14-18-20-12-17(23-18)19(2,3)4/h5-9,12,15,22H,10-11,13-14H2,1-4H3. The Morgan fingerprint density at radius 2 is 1.87 bits per heavy atom. The van der Waals surface area contributed by atoms with Crippen LogP contribution in [-0.4, -0.2) is 27.6 Å². The maximum atomic E-state index is 9.26. The third-order valence-electron chi connectivity index (χ3n) is 4.03. The summed E-state index contributed by atoms with van der Waals surface area (Å²) >= 11 is 0. The van der Waals surface area contributed by atoms with E-state index in [2.05, 4.69) is 49.7 Å². The van der Waals surface area contributed by atoms with E-state index in [0.717, 1.165) is 24.6 Å². The predicted octanol–water partition coefficient (Wildman–Crippen LogP) is 3.75. The number of hydrogen-bond donors (Lipinski definition) is 1. The van der Waals surface area contributed by atoms with E-state index in [-0.39, 0.29) is 18.1 Å². The van der Waals surface area contributed by atoms with Crippen LogP contribution in [0.15, 0.2) is 40.9 Å². The quantitative estimate of drug-likeness (QED) is 0.845. The summed E-state index contributed by atoms with van der Waals surface area (Å²) in [4.78, 5) is 6.73. The van der Waals surface area contributed by atoms with E-state index < -0.39 is 0 Å². The second-order valence-electron chi connectivity index (χ2n) is 7.12. The molecule has 0 radical (unpaired) electrons. The lowest BCUT2D eigenvalue weighted by Crippen LogP contribution is -2.33. The van der Waals surface area contributed by atoms with Crippen LogP contribution in [0.1, 0.15) is 51.3 Å². The van der Waals surface area contributed by atoms with Gasteiger partial charge in [-0.15, -0.1) is 0 Å². The van der Waals surface area contributed by atoms with E-state index in [9.17, 15) is 5.11 Å². The summed E-state index contributed by atoms with van der Waals surface area (Å²) in [6, 6.07) is 10.6. The van der Waals surface area contributed by atoms with E-state index in [1.807, 2.05) is 24.4 Å². The molecule has 23 heavy (non-hydrogen) atoms. The Morgan fingerprint density at radius 1 is 1.17 bits per heavy atom. The first-order valence-electron chi connectivity index (χ1n) is 8.24. The highest BCUT2D eigenvalue weighted by Crippen LogP contribution is 2.24. The molecule has 0 saturated carbocycles. The van der Waals surface area contributed by atoms with E-state index in [1.165, 1.54) is 5.56 Å². The van der Waals surface area contributed by atoms with Crippen molar-refractivity contribution in [2.75, 3.05) is 6.61 Å². The van der Waals surface area contributed by atoms with Gasteiger partial charge < -0.3 is 9.52 Å². The summed E-state index contributed by atoms with van der Waals surface area (Å²) in [5.41, 5.74) is 1.21. The Labute approximate surface area is 139 Å². The van der Waals surface area contributed by atoms with E-state index in [0.29, 0.717) is 6.54 Å². The smallest absolute Gasteiger partial charge is 0.208 e. The van der Waals surface area contributed by atoms with Crippen molar-refractivity contribution in [3.05, 3.63) is 53.7 Å². The van der Waals surface area contributed by atoms with Gasteiger partial charge in [0.05, 0.1) is 12.7 Å². The highest BCUT2D eigenvalue weighted by molar-refractivity contribution is 5.14. The molecule has 1 heterocycles. The average molecular weight is 316 g/mol. The van der Waals surface area contributed by atoms with Gasteiger partial charge >= 0.3 is 0 Å². The summed E-state index contributed by atoms with van der Waals surface area (Å²) in [7, 11) is 0. The Hall–Kier alpha value is -1.65. The van der Waals surface area contributed by atoms with Gasteiger partial charge in [0.15, 0.2) is 0 Å². The largest absolute Gasteiger partial charge is 0.444 e. The fraction of sp³-hybridized carbons (Fsp3) is 0.526. The predicted molar refractivity (Wildman–Crippen MR) is 92.1 cm³/mol. The third-order valence-corrected chi connectivity index (χ3v) is 4.03. The lowest BCUT2D eigenvalue weighted by molar-refractivity contribution is 0.140. The molecule has 1 unspecified atom stereocenters. The first-order valence-corrected chi connectivity index (χ1v) is 8.24. The molecule has 0 saturated heterocycles. The van der Waals surface area contributed by atoms with Gasteiger partial charge in [-0.1, -0.05) is 51.1 Å². The van der Waals surface area contributed by atoms with Crippen LogP contribution in [0.3, 0.4) is 0 Å². The van der Waals surface area contributed by atoms with Crippen LogP contribution in [0.2, 0.25) is 0 Å². The van der Waals surface area contributed by atoms with Crippen molar-refractivity contribution in [3.8, 4) is 0 Å². The van der Waals surface area contributed by atoms with Crippen LogP contribution in [0.4, 0.5) is 0 Å². The number of aliphatic hydroxyl groups excluding tert-OH is 1. The fourth-order valence-corrected chi connectivity index (χ4v) is 2.46. The Kier molecular flexibility index (Phi) is 5.97. The molecule has 0 amide bonds. The molecule has 1 N–H and O–H groups in total. The number of oxazole rings is 1. The Bertz CT molecular complexity index is 587. The van der Waals surface area contributed by atoms with Gasteiger partial charge in [0, 0.05) is 24.6 Å². The van der Waals surface area contributed by atoms with Crippen molar-refractivity contribution < 1.29 is 9.52 Å². The van der Waals surface area contributed by atoms with Crippen LogP contribution < -0.4 is 0 Å². The molecule has 2 aromatic rings. The maximum Gasteiger partial charge on any atom is 0.208 e. The maximum absolute atomic E-state index is 9.26. The summed E-state index contributed by atoms with van der Waals surface area (Å²) in [6.45, 7) is 10.1. The van der Waals surface area contributed by atoms with Crippen molar-refractivity contribution in [3.63, 3.8) is 0 Å². The fourth-order valence-electron chi connectivity index (χ4n) is 2.46. The zero-order valence-corrected chi connectivity index (χ0v) is 14.6. The van der Waals surface area contributed by atoms with Crippen LogP contribution in [0.5, 0.6) is 0 Å². The molecule has 0 fully saturated rings. The van der Waals surface area contributed by atoms with Crippen molar-refractivity contribution in [2.24, 2.45) is 0 Å². The average Bonchev–Trinajstić information content (AvgIpc) is 2.97. The summed E-state index contributed by atoms with van der Waals surface area (Å²) < 4.78 is 5.93. The molecule has 1 atom stereocenters. The molecule has 4 nitrogen and oxygen atoms in total.